The van der Waals surface area contributed by atoms with Crippen LogP contribution in [0, 0.1) is 0 Å². The fraction of sp³-hybridized carbons (Fsp3) is 0.538. The van der Waals surface area contributed by atoms with Crippen LogP contribution in [0.15, 0.2) is 30.3 Å². The molecule has 0 amide bonds. The molecule has 0 radical (unpaired) electrons. The van der Waals surface area contributed by atoms with Crippen LogP contribution in [0.3, 0.4) is 0 Å². The van der Waals surface area contributed by atoms with Crippen LogP contribution >= 0.6 is 0 Å². The number of aliphatic hydroxyl groups is 1. The molecule has 5 heteroatoms. The Morgan fingerprint density at radius 2 is 1.78 bits per heavy atom. The lowest BCUT2D eigenvalue weighted by Crippen LogP contribution is -2.30. The molecule has 0 fully saturated rings. The predicted molar refractivity (Wildman–Crippen MR) is 67.9 cm³/mol. The molecular formula is C13H21NO4. The Morgan fingerprint density at radius 3 is 2.50 bits per heavy atom. The van der Waals surface area contributed by atoms with Crippen LogP contribution in [0.1, 0.15) is 5.56 Å². The van der Waals surface area contributed by atoms with Gasteiger partial charge >= 0.3 is 0 Å². The first kappa shape index (κ1) is 15.1. The van der Waals surface area contributed by atoms with Gasteiger partial charge in [0.2, 0.25) is 0 Å². The van der Waals surface area contributed by atoms with Gasteiger partial charge in [0, 0.05) is 0 Å². The zero-order valence-electron chi connectivity index (χ0n) is 10.5. The number of hydrogen-bond donors (Lipinski definition) is 2. The molecule has 1 unspecified atom stereocenters. The van der Waals surface area contributed by atoms with Crippen molar-refractivity contribution in [3.05, 3.63) is 35.9 Å². The van der Waals surface area contributed by atoms with Crippen LogP contribution in [0.4, 0.5) is 0 Å². The number of ether oxygens (including phenoxy) is 3. The Morgan fingerprint density at radius 1 is 1.06 bits per heavy atom. The third-order valence-corrected chi connectivity index (χ3v) is 2.20. The van der Waals surface area contributed by atoms with Crippen molar-refractivity contribution in [1.82, 2.24) is 0 Å². The summed E-state index contributed by atoms with van der Waals surface area (Å²) in [6, 6.07) is 9.84. The van der Waals surface area contributed by atoms with Crippen LogP contribution in [-0.2, 0) is 20.8 Å². The molecule has 1 atom stereocenters. The molecule has 0 aliphatic carbocycles. The van der Waals surface area contributed by atoms with Gasteiger partial charge in [0.05, 0.1) is 39.6 Å². The monoisotopic (exact) mass is 255 g/mol. The Bertz CT molecular complexity index is 294. The Hall–Kier alpha value is -0.980. The summed E-state index contributed by atoms with van der Waals surface area (Å²) in [4.78, 5) is 0. The fourth-order valence-corrected chi connectivity index (χ4v) is 1.31. The maximum Gasteiger partial charge on any atom is 0.129 e. The van der Waals surface area contributed by atoms with Gasteiger partial charge in [-0.25, -0.2) is 0 Å². The third-order valence-electron chi connectivity index (χ3n) is 2.20. The third kappa shape index (κ3) is 7.37. The average molecular weight is 255 g/mol. The van der Waals surface area contributed by atoms with Gasteiger partial charge in [0.1, 0.15) is 6.23 Å². The highest BCUT2D eigenvalue weighted by molar-refractivity contribution is 5.13. The van der Waals surface area contributed by atoms with Crippen LogP contribution in [0.25, 0.3) is 0 Å². The first-order valence-electron chi connectivity index (χ1n) is 6.00. The van der Waals surface area contributed by atoms with Crippen LogP contribution in [0.2, 0.25) is 0 Å². The van der Waals surface area contributed by atoms with Crippen LogP contribution < -0.4 is 5.73 Å². The summed E-state index contributed by atoms with van der Waals surface area (Å²) in [5.41, 5.74) is 6.82. The van der Waals surface area contributed by atoms with E-state index in [1.54, 1.807) is 0 Å². The van der Waals surface area contributed by atoms with Crippen molar-refractivity contribution in [1.29, 1.82) is 0 Å². The second kappa shape index (κ2) is 9.99. The summed E-state index contributed by atoms with van der Waals surface area (Å²) in [7, 11) is 0. The van der Waals surface area contributed by atoms with Crippen LogP contribution in [-0.4, -0.2) is 44.4 Å². The topological polar surface area (TPSA) is 73.9 Å². The van der Waals surface area contributed by atoms with E-state index in [0.717, 1.165) is 5.56 Å². The average Bonchev–Trinajstić information content (AvgIpc) is 2.41. The summed E-state index contributed by atoms with van der Waals surface area (Å²) < 4.78 is 15.7. The number of aliphatic hydroxyl groups excluding tert-OH is 1. The van der Waals surface area contributed by atoms with Gasteiger partial charge in [-0.1, -0.05) is 30.3 Å². The largest absolute Gasteiger partial charge is 0.394 e. The second-order valence-corrected chi connectivity index (χ2v) is 3.75. The van der Waals surface area contributed by atoms with Crippen molar-refractivity contribution >= 4 is 0 Å². The maximum absolute atomic E-state index is 8.48. The fourth-order valence-electron chi connectivity index (χ4n) is 1.31. The van der Waals surface area contributed by atoms with E-state index >= 15 is 0 Å². The molecule has 18 heavy (non-hydrogen) atoms. The van der Waals surface area contributed by atoms with Crippen molar-refractivity contribution in [3.63, 3.8) is 0 Å². The minimum absolute atomic E-state index is 0.0275. The predicted octanol–water partition coefficient (Wildman–Crippen LogP) is 0.514. The lowest BCUT2D eigenvalue weighted by Gasteiger charge is -2.13. The Balaban J connectivity index is 1.99. The summed E-state index contributed by atoms with van der Waals surface area (Å²) in [6.07, 6.45) is -0.442. The normalized spacial score (nSPS) is 12.6. The van der Waals surface area contributed by atoms with Crippen molar-refractivity contribution in [3.8, 4) is 0 Å². The Kier molecular flexibility index (Phi) is 8.37. The smallest absolute Gasteiger partial charge is 0.129 e. The minimum atomic E-state index is -0.442. The summed E-state index contributed by atoms with van der Waals surface area (Å²) in [6.45, 7) is 2.07. The molecule has 0 heterocycles. The van der Waals surface area contributed by atoms with Crippen molar-refractivity contribution in [2.45, 2.75) is 12.8 Å². The van der Waals surface area contributed by atoms with E-state index in [9.17, 15) is 0 Å². The standard InChI is InChI=1S/C13H21NO4/c14-13(11-17-9-8-16-7-6-15)18-10-12-4-2-1-3-5-12/h1-5,13,15H,6-11,14H2. The molecule has 5 nitrogen and oxygen atoms in total. The van der Waals surface area contributed by atoms with Gasteiger partial charge < -0.3 is 25.1 Å². The molecule has 0 aliphatic rings. The van der Waals surface area contributed by atoms with Crippen LogP contribution in [0.5, 0.6) is 0 Å². The van der Waals surface area contributed by atoms with Crippen molar-refractivity contribution < 1.29 is 19.3 Å². The zero-order chi connectivity index (χ0) is 13.1. The number of hydrogen-bond acceptors (Lipinski definition) is 5. The molecule has 102 valence electrons. The summed E-state index contributed by atoms with van der Waals surface area (Å²) in [5.74, 6) is 0. The molecular weight excluding hydrogens is 234 g/mol. The van der Waals surface area contributed by atoms with E-state index in [2.05, 4.69) is 0 Å². The minimum Gasteiger partial charge on any atom is -0.394 e. The highest BCUT2D eigenvalue weighted by Crippen LogP contribution is 2.01. The molecule has 1 aromatic carbocycles. The summed E-state index contributed by atoms with van der Waals surface area (Å²) in [5, 5.41) is 8.48. The molecule has 0 aliphatic heterocycles. The molecule has 1 aromatic rings. The Labute approximate surface area is 107 Å². The lowest BCUT2D eigenvalue weighted by atomic mass is 10.2. The van der Waals surface area contributed by atoms with E-state index in [1.165, 1.54) is 0 Å². The van der Waals surface area contributed by atoms with Gasteiger partial charge in [-0.05, 0) is 5.56 Å². The molecule has 0 aromatic heterocycles. The molecule has 0 bridgehead atoms. The van der Waals surface area contributed by atoms with Gasteiger partial charge in [0.15, 0.2) is 0 Å². The number of rotatable bonds is 10. The highest BCUT2D eigenvalue weighted by atomic mass is 16.6. The van der Waals surface area contributed by atoms with Gasteiger partial charge in [-0.15, -0.1) is 0 Å². The summed E-state index contributed by atoms with van der Waals surface area (Å²) >= 11 is 0. The quantitative estimate of drug-likeness (QED) is 0.471. The first-order chi connectivity index (χ1) is 8.83. The second-order valence-electron chi connectivity index (χ2n) is 3.75. The van der Waals surface area contributed by atoms with Gasteiger partial charge in [0.25, 0.3) is 0 Å². The van der Waals surface area contributed by atoms with Gasteiger partial charge in [-0.2, -0.15) is 0 Å². The molecule has 1 rings (SSSR count). The van der Waals surface area contributed by atoms with Crippen molar-refractivity contribution in [2.24, 2.45) is 5.73 Å². The molecule has 0 saturated heterocycles. The van der Waals surface area contributed by atoms with E-state index in [4.69, 9.17) is 25.1 Å². The van der Waals surface area contributed by atoms with E-state index < -0.39 is 6.23 Å². The van der Waals surface area contributed by atoms with E-state index in [-0.39, 0.29) is 6.61 Å². The molecule has 0 spiro atoms. The number of nitrogens with two attached hydrogens (primary N) is 1. The van der Waals surface area contributed by atoms with E-state index in [0.29, 0.717) is 33.0 Å². The number of benzene rings is 1. The molecule has 3 N–H and O–H groups in total. The molecule has 0 saturated carbocycles. The van der Waals surface area contributed by atoms with E-state index in [1.807, 2.05) is 30.3 Å². The zero-order valence-corrected chi connectivity index (χ0v) is 10.5. The SMILES string of the molecule is NC(COCCOCCO)OCc1ccccc1. The van der Waals surface area contributed by atoms with Gasteiger partial charge in [-0.3, -0.25) is 0 Å². The maximum atomic E-state index is 8.48. The highest BCUT2D eigenvalue weighted by Gasteiger charge is 2.02. The first-order valence-corrected chi connectivity index (χ1v) is 6.00. The van der Waals surface area contributed by atoms with Crippen molar-refractivity contribution in [2.75, 3.05) is 33.0 Å². The lowest BCUT2D eigenvalue weighted by molar-refractivity contribution is -0.0368.